The first kappa shape index (κ1) is 16.2. The molecule has 2 aliphatic carbocycles. The van der Waals surface area contributed by atoms with Crippen LogP contribution in [0.5, 0.6) is 0 Å². The molecule has 23 heavy (non-hydrogen) atoms. The van der Waals surface area contributed by atoms with Crippen LogP contribution in [0.1, 0.15) is 39.0 Å². The highest BCUT2D eigenvalue weighted by molar-refractivity contribution is 6.06. The van der Waals surface area contributed by atoms with Crippen molar-refractivity contribution in [3.8, 4) is 0 Å². The second kappa shape index (κ2) is 6.43. The first-order valence-corrected chi connectivity index (χ1v) is 8.42. The number of ether oxygens (including phenoxy) is 1. The van der Waals surface area contributed by atoms with Crippen molar-refractivity contribution in [1.29, 1.82) is 0 Å². The summed E-state index contributed by atoms with van der Waals surface area (Å²) in [5.74, 6) is -2.36. The van der Waals surface area contributed by atoms with E-state index in [4.69, 9.17) is 4.74 Å². The predicted molar refractivity (Wildman–Crippen MR) is 81.0 cm³/mol. The molecule has 1 heterocycles. The molecule has 2 fully saturated rings. The molecular weight excluding hydrogens is 298 g/mol. The largest absolute Gasteiger partial charge is 0.466 e. The number of hydrogen-bond donors (Lipinski definition) is 1. The van der Waals surface area contributed by atoms with Crippen LogP contribution in [0.3, 0.4) is 0 Å². The third kappa shape index (κ3) is 2.69. The number of amides is 2. The standard InChI is InChI=1S/C17H23NO5/c1-2-23-17(22)14-12(8-5-9-13(14)19)18-15(20)10-6-3-4-7-11(10)16(18)21/h3-4,10-14,19H,2,5-9H2,1H3/t10?,11?,12-,13-,14+/m0/s1. The summed E-state index contributed by atoms with van der Waals surface area (Å²) in [5, 5.41) is 10.3. The molecule has 0 bridgehead atoms. The monoisotopic (exact) mass is 321 g/mol. The maximum atomic E-state index is 12.7. The Morgan fingerprint density at radius 1 is 1.22 bits per heavy atom. The number of esters is 1. The lowest BCUT2D eigenvalue weighted by atomic mass is 9.81. The normalized spacial score (nSPS) is 37.0. The Kier molecular flexibility index (Phi) is 4.53. The molecule has 1 saturated carbocycles. The Morgan fingerprint density at radius 2 is 1.83 bits per heavy atom. The average Bonchev–Trinajstić information content (AvgIpc) is 2.79. The lowest BCUT2D eigenvalue weighted by Gasteiger charge is -2.38. The van der Waals surface area contributed by atoms with E-state index in [0.29, 0.717) is 32.1 Å². The van der Waals surface area contributed by atoms with Gasteiger partial charge in [0.1, 0.15) is 5.92 Å². The first-order chi connectivity index (χ1) is 11.1. The molecule has 3 rings (SSSR count). The second-order valence-electron chi connectivity index (χ2n) is 6.55. The molecule has 0 aromatic rings. The van der Waals surface area contributed by atoms with Crippen molar-refractivity contribution in [2.75, 3.05) is 6.61 Å². The van der Waals surface area contributed by atoms with Crippen molar-refractivity contribution in [1.82, 2.24) is 4.90 Å². The van der Waals surface area contributed by atoms with Gasteiger partial charge in [0, 0.05) is 0 Å². The van der Waals surface area contributed by atoms with E-state index in [2.05, 4.69) is 0 Å². The van der Waals surface area contributed by atoms with Crippen LogP contribution >= 0.6 is 0 Å². The van der Waals surface area contributed by atoms with E-state index in [1.165, 1.54) is 4.90 Å². The molecule has 3 aliphatic rings. The lowest BCUT2D eigenvalue weighted by Crippen LogP contribution is -2.53. The zero-order valence-corrected chi connectivity index (χ0v) is 13.3. The summed E-state index contributed by atoms with van der Waals surface area (Å²) < 4.78 is 5.07. The number of allylic oxidation sites excluding steroid dienone is 2. The minimum absolute atomic E-state index is 0.197. The number of imide groups is 1. The van der Waals surface area contributed by atoms with Gasteiger partial charge in [-0.1, -0.05) is 12.2 Å². The van der Waals surface area contributed by atoms with E-state index in [9.17, 15) is 19.5 Å². The highest BCUT2D eigenvalue weighted by atomic mass is 16.5. The van der Waals surface area contributed by atoms with Gasteiger partial charge in [0.05, 0.1) is 30.6 Å². The van der Waals surface area contributed by atoms with Crippen LogP contribution in [0, 0.1) is 17.8 Å². The summed E-state index contributed by atoms with van der Waals surface area (Å²) in [6.45, 7) is 1.92. The molecule has 5 atom stereocenters. The zero-order valence-electron chi connectivity index (χ0n) is 13.3. The number of rotatable bonds is 3. The fourth-order valence-electron chi connectivity index (χ4n) is 4.15. The molecule has 6 heteroatoms. The fourth-order valence-corrected chi connectivity index (χ4v) is 4.15. The topological polar surface area (TPSA) is 83.9 Å². The number of carbonyl (C=O) groups excluding carboxylic acids is 3. The molecule has 1 saturated heterocycles. The van der Waals surface area contributed by atoms with E-state index >= 15 is 0 Å². The van der Waals surface area contributed by atoms with E-state index in [1.54, 1.807) is 6.92 Å². The van der Waals surface area contributed by atoms with Gasteiger partial charge in [0.2, 0.25) is 11.8 Å². The van der Waals surface area contributed by atoms with Crippen molar-refractivity contribution in [3.05, 3.63) is 12.2 Å². The number of aliphatic hydroxyl groups excluding tert-OH is 1. The second-order valence-corrected chi connectivity index (χ2v) is 6.55. The van der Waals surface area contributed by atoms with Gasteiger partial charge < -0.3 is 9.84 Å². The summed E-state index contributed by atoms with van der Waals surface area (Å²) in [7, 11) is 0. The van der Waals surface area contributed by atoms with Crippen LogP contribution in [0.4, 0.5) is 0 Å². The Hall–Kier alpha value is -1.69. The molecule has 0 radical (unpaired) electrons. The Morgan fingerprint density at radius 3 is 2.39 bits per heavy atom. The van der Waals surface area contributed by atoms with E-state index in [-0.39, 0.29) is 30.3 Å². The maximum Gasteiger partial charge on any atom is 0.313 e. The molecule has 2 amide bonds. The van der Waals surface area contributed by atoms with Gasteiger partial charge >= 0.3 is 5.97 Å². The summed E-state index contributed by atoms with van der Waals surface area (Å²) in [6, 6.07) is -0.580. The highest BCUT2D eigenvalue weighted by Crippen LogP contribution is 2.40. The highest BCUT2D eigenvalue weighted by Gasteiger charge is 2.53. The number of carbonyl (C=O) groups is 3. The number of fused-ring (bicyclic) bond motifs is 1. The van der Waals surface area contributed by atoms with Gasteiger partial charge in [-0.15, -0.1) is 0 Å². The Labute approximate surface area is 135 Å². The summed E-state index contributed by atoms with van der Waals surface area (Å²) in [4.78, 5) is 39.0. The summed E-state index contributed by atoms with van der Waals surface area (Å²) in [6.07, 6.45) is 5.88. The molecule has 1 N–H and O–H groups in total. The van der Waals surface area contributed by atoms with Gasteiger partial charge in [0.25, 0.3) is 0 Å². The Bertz CT molecular complexity index is 517. The number of hydrogen-bond acceptors (Lipinski definition) is 5. The van der Waals surface area contributed by atoms with Gasteiger partial charge in [0.15, 0.2) is 0 Å². The fraction of sp³-hybridized carbons (Fsp3) is 0.706. The minimum atomic E-state index is -0.867. The average molecular weight is 321 g/mol. The first-order valence-electron chi connectivity index (χ1n) is 8.42. The number of likely N-dealkylation sites (tertiary alicyclic amines) is 1. The molecule has 126 valence electrons. The summed E-state index contributed by atoms with van der Waals surface area (Å²) >= 11 is 0. The summed E-state index contributed by atoms with van der Waals surface area (Å²) in [5.41, 5.74) is 0. The van der Waals surface area contributed by atoms with Crippen molar-refractivity contribution in [3.63, 3.8) is 0 Å². The molecule has 6 nitrogen and oxygen atoms in total. The van der Waals surface area contributed by atoms with Gasteiger partial charge in [-0.3, -0.25) is 19.3 Å². The zero-order chi connectivity index (χ0) is 16.6. The molecular formula is C17H23NO5. The number of aliphatic hydroxyl groups is 1. The van der Waals surface area contributed by atoms with Crippen molar-refractivity contribution < 1.29 is 24.2 Å². The molecule has 0 spiro atoms. The lowest BCUT2D eigenvalue weighted by molar-refractivity contribution is -0.161. The van der Waals surface area contributed by atoms with Gasteiger partial charge in [-0.25, -0.2) is 0 Å². The Balaban J connectivity index is 1.87. The van der Waals surface area contributed by atoms with Crippen LogP contribution in [-0.4, -0.2) is 46.5 Å². The third-order valence-corrected chi connectivity index (χ3v) is 5.26. The minimum Gasteiger partial charge on any atom is -0.466 e. The maximum absolute atomic E-state index is 12.7. The van der Waals surface area contributed by atoms with E-state index in [1.807, 2.05) is 12.2 Å². The van der Waals surface area contributed by atoms with Crippen LogP contribution < -0.4 is 0 Å². The van der Waals surface area contributed by atoms with E-state index in [0.717, 1.165) is 0 Å². The quantitative estimate of drug-likeness (QED) is 0.477. The SMILES string of the molecule is CCOC(=O)[C@H]1[C@@H](O)CCC[C@@H]1N1C(=O)C2CC=CCC2C1=O. The van der Waals surface area contributed by atoms with E-state index < -0.39 is 24.0 Å². The molecule has 2 unspecified atom stereocenters. The number of nitrogens with zero attached hydrogens (tertiary/aromatic N) is 1. The molecule has 0 aromatic heterocycles. The van der Waals surface area contributed by atoms with Gasteiger partial charge in [-0.2, -0.15) is 0 Å². The van der Waals surface area contributed by atoms with Gasteiger partial charge in [-0.05, 0) is 39.0 Å². The van der Waals surface area contributed by atoms with Crippen LogP contribution in [0.25, 0.3) is 0 Å². The van der Waals surface area contributed by atoms with Crippen molar-refractivity contribution in [2.45, 2.75) is 51.2 Å². The van der Waals surface area contributed by atoms with Crippen molar-refractivity contribution in [2.24, 2.45) is 17.8 Å². The molecule has 0 aromatic carbocycles. The van der Waals surface area contributed by atoms with Crippen LogP contribution in [-0.2, 0) is 19.1 Å². The predicted octanol–water partition coefficient (Wildman–Crippen LogP) is 1.03. The van der Waals surface area contributed by atoms with Crippen LogP contribution in [0.2, 0.25) is 0 Å². The third-order valence-electron chi connectivity index (χ3n) is 5.26. The van der Waals surface area contributed by atoms with Crippen LogP contribution in [0.15, 0.2) is 12.2 Å². The molecule has 1 aliphatic heterocycles. The van der Waals surface area contributed by atoms with Crippen molar-refractivity contribution >= 4 is 17.8 Å². The smallest absolute Gasteiger partial charge is 0.313 e.